The van der Waals surface area contributed by atoms with Crippen LogP contribution >= 0.6 is 23.5 Å². The second-order valence-electron chi connectivity index (χ2n) is 5.68. The molecule has 2 aromatic carbocycles. The molecule has 0 bridgehead atoms. The number of thioether (sulfide) groups is 2. The van der Waals surface area contributed by atoms with Gasteiger partial charge in [-0.1, -0.05) is 18.2 Å². The zero-order chi connectivity index (χ0) is 18.4. The number of nitrogens with one attached hydrogen (secondary N) is 1. The molecule has 1 heterocycles. The van der Waals surface area contributed by atoms with Crippen molar-refractivity contribution in [3.05, 3.63) is 59.4 Å². The lowest BCUT2D eigenvalue weighted by Crippen LogP contribution is -2.28. The molecule has 0 atom stereocenters. The smallest absolute Gasteiger partial charge is 0.258 e. The van der Waals surface area contributed by atoms with Crippen molar-refractivity contribution in [3.63, 3.8) is 0 Å². The van der Waals surface area contributed by atoms with Crippen LogP contribution in [0.2, 0.25) is 0 Å². The minimum atomic E-state index is -0.298. The van der Waals surface area contributed by atoms with Crippen molar-refractivity contribution in [1.29, 1.82) is 0 Å². The zero-order valence-electron chi connectivity index (χ0n) is 14.4. The standard InChI is InChI=1S/C19H20FNO3S2/c1-23-17-10-14(19-25-8-9-26-19)4-7-16(17)24-12-18(22)21-11-13-2-5-15(20)6-3-13/h2-7,10,19H,8-9,11-12H2,1H3,(H,21,22). The zero-order valence-corrected chi connectivity index (χ0v) is 16.0. The number of hydrogen-bond donors (Lipinski definition) is 1. The summed E-state index contributed by atoms with van der Waals surface area (Å²) in [5.74, 6) is 2.94. The molecule has 4 nitrogen and oxygen atoms in total. The van der Waals surface area contributed by atoms with Crippen LogP contribution < -0.4 is 14.8 Å². The molecule has 0 spiro atoms. The maximum atomic E-state index is 12.9. The van der Waals surface area contributed by atoms with Gasteiger partial charge in [0.05, 0.1) is 11.7 Å². The molecule has 3 rings (SSSR count). The average molecular weight is 394 g/mol. The first-order chi connectivity index (χ1) is 12.7. The fourth-order valence-electron chi connectivity index (χ4n) is 2.50. The summed E-state index contributed by atoms with van der Waals surface area (Å²) in [6, 6.07) is 11.8. The molecule has 0 saturated carbocycles. The topological polar surface area (TPSA) is 47.6 Å². The van der Waals surface area contributed by atoms with Gasteiger partial charge in [-0.25, -0.2) is 4.39 Å². The van der Waals surface area contributed by atoms with E-state index >= 15 is 0 Å². The summed E-state index contributed by atoms with van der Waals surface area (Å²) >= 11 is 3.85. The highest BCUT2D eigenvalue weighted by atomic mass is 32.2. The van der Waals surface area contributed by atoms with Gasteiger partial charge in [0.25, 0.3) is 5.91 Å². The summed E-state index contributed by atoms with van der Waals surface area (Å²) < 4.78 is 24.3. The summed E-state index contributed by atoms with van der Waals surface area (Å²) in [4.78, 5) is 12.0. The van der Waals surface area contributed by atoms with E-state index in [0.717, 1.165) is 17.1 Å². The summed E-state index contributed by atoms with van der Waals surface area (Å²) in [6.45, 7) is 0.221. The molecule has 1 aliphatic rings. The number of benzene rings is 2. The van der Waals surface area contributed by atoms with Crippen LogP contribution in [0.3, 0.4) is 0 Å². The Morgan fingerprint density at radius 2 is 1.88 bits per heavy atom. The Labute approximate surface area is 160 Å². The molecular formula is C19H20FNO3S2. The van der Waals surface area contributed by atoms with E-state index in [-0.39, 0.29) is 18.3 Å². The van der Waals surface area contributed by atoms with Gasteiger partial charge in [0.2, 0.25) is 0 Å². The number of carbonyl (C=O) groups is 1. The van der Waals surface area contributed by atoms with Crippen molar-refractivity contribution in [1.82, 2.24) is 5.32 Å². The fraction of sp³-hybridized carbons (Fsp3) is 0.316. The lowest BCUT2D eigenvalue weighted by atomic mass is 10.2. The summed E-state index contributed by atoms with van der Waals surface area (Å²) in [5.41, 5.74) is 2.02. The van der Waals surface area contributed by atoms with Gasteiger partial charge >= 0.3 is 0 Å². The number of amides is 1. The molecule has 0 radical (unpaired) electrons. The minimum Gasteiger partial charge on any atom is -0.493 e. The van der Waals surface area contributed by atoms with Gasteiger partial charge in [0.1, 0.15) is 5.82 Å². The average Bonchev–Trinajstić information content (AvgIpc) is 3.20. The maximum Gasteiger partial charge on any atom is 0.258 e. The molecule has 138 valence electrons. The van der Waals surface area contributed by atoms with Crippen LogP contribution in [0.4, 0.5) is 4.39 Å². The van der Waals surface area contributed by atoms with E-state index in [1.165, 1.54) is 17.7 Å². The number of methoxy groups -OCH3 is 1. The fourth-order valence-corrected chi connectivity index (χ4v) is 5.34. The highest BCUT2D eigenvalue weighted by molar-refractivity contribution is 8.19. The molecule has 26 heavy (non-hydrogen) atoms. The molecule has 1 saturated heterocycles. The Bertz CT molecular complexity index is 749. The number of halogens is 1. The lowest BCUT2D eigenvalue weighted by molar-refractivity contribution is -0.123. The third kappa shape index (κ3) is 5.08. The number of rotatable bonds is 7. The summed E-state index contributed by atoms with van der Waals surface area (Å²) in [5, 5.41) is 2.75. The van der Waals surface area contributed by atoms with Crippen LogP contribution in [-0.2, 0) is 11.3 Å². The van der Waals surface area contributed by atoms with E-state index in [1.807, 2.05) is 41.7 Å². The Morgan fingerprint density at radius 1 is 1.15 bits per heavy atom. The van der Waals surface area contributed by atoms with Crippen LogP contribution in [0.15, 0.2) is 42.5 Å². The number of carbonyl (C=O) groups excluding carboxylic acids is 1. The molecule has 0 aromatic heterocycles. The number of ether oxygens (including phenoxy) is 2. The maximum absolute atomic E-state index is 12.9. The molecule has 0 unspecified atom stereocenters. The third-order valence-corrected chi connectivity index (χ3v) is 6.95. The van der Waals surface area contributed by atoms with Gasteiger partial charge in [-0.15, -0.1) is 23.5 Å². The van der Waals surface area contributed by atoms with Gasteiger partial charge in [-0.05, 0) is 35.4 Å². The quantitative estimate of drug-likeness (QED) is 0.770. The molecule has 2 aromatic rings. The first kappa shape index (κ1) is 18.9. The van der Waals surface area contributed by atoms with E-state index < -0.39 is 0 Å². The predicted molar refractivity (Wildman–Crippen MR) is 104 cm³/mol. The van der Waals surface area contributed by atoms with Crippen molar-refractivity contribution >= 4 is 29.4 Å². The Hall–Kier alpha value is -1.86. The SMILES string of the molecule is COc1cc(C2SCCS2)ccc1OCC(=O)NCc1ccc(F)cc1. The minimum absolute atomic E-state index is 0.107. The van der Waals surface area contributed by atoms with Crippen LogP contribution in [0.1, 0.15) is 15.7 Å². The highest BCUT2D eigenvalue weighted by Crippen LogP contribution is 2.46. The monoisotopic (exact) mass is 393 g/mol. The Morgan fingerprint density at radius 3 is 2.58 bits per heavy atom. The second-order valence-corrected chi connectivity index (χ2v) is 8.40. The third-order valence-electron chi connectivity index (χ3n) is 3.84. The molecular weight excluding hydrogens is 373 g/mol. The molecule has 1 aliphatic heterocycles. The van der Waals surface area contributed by atoms with Gasteiger partial charge in [-0.3, -0.25) is 4.79 Å². The molecule has 0 aliphatic carbocycles. The van der Waals surface area contributed by atoms with Crippen molar-refractivity contribution in [3.8, 4) is 11.5 Å². The largest absolute Gasteiger partial charge is 0.493 e. The van der Waals surface area contributed by atoms with Crippen LogP contribution in [0, 0.1) is 5.82 Å². The Kier molecular flexibility index (Phi) is 6.68. The van der Waals surface area contributed by atoms with Gasteiger partial charge in [0.15, 0.2) is 18.1 Å². The van der Waals surface area contributed by atoms with E-state index in [0.29, 0.717) is 22.6 Å². The second kappa shape index (κ2) is 9.19. The first-order valence-electron chi connectivity index (χ1n) is 8.21. The van der Waals surface area contributed by atoms with Gasteiger partial charge in [-0.2, -0.15) is 0 Å². The normalized spacial score (nSPS) is 14.2. The molecule has 1 N–H and O–H groups in total. The van der Waals surface area contributed by atoms with E-state index in [1.54, 1.807) is 19.2 Å². The van der Waals surface area contributed by atoms with E-state index in [4.69, 9.17) is 9.47 Å². The highest BCUT2D eigenvalue weighted by Gasteiger charge is 2.20. The summed E-state index contributed by atoms with van der Waals surface area (Å²) in [7, 11) is 1.59. The first-order valence-corrected chi connectivity index (χ1v) is 10.3. The predicted octanol–water partition coefficient (Wildman–Crippen LogP) is 4.01. The molecule has 7 heteroatoms. The van der Waals surface area contributed by atoms with Crippen molar-refractivity contribution in [2.24, 2.45) is 0 Å². The van der Waals surface area contributed by atoms with Crippen molar-refractivity contribution in [2.45, 2.75) is 11.1 Å². The lowest BCUT2D eigenvalue weighted by Gasteiger charge is -2.14. The van der Waals surface area contributed by atoms with Gasteiger partial charge < -0.3 is 14.8 Å². The molecule has 1 fully saturated rings. The van der Waals surface area contributed by atoms with Crippen molar-refractivity contribution in [2.75, 3.05) is 25.2 Å². The number of hydrogen-bond acceptors (Lipinski definition) is 5. The van der Waals surface area contributed by atoms with Crippen LogP contribution in [-0.4, -0.2) is 31.1 Å². The van der Waals surface area contributed by atoms with E-state index in [9.17, 15) is 9.18 Å². The van der Waals surface area contributed by atoms with Gasteiger partial charge in [0, 0.05) is 18.1 Å². The summed E-state index contributed by atoms with van der Waals surface area (Å²) in [6.07, 6.45) is 0. The van der Waals surface area contributed by atoms with Crippen LogP contribution in [0.25, 0.3) is 0 Å². The molecule has 1 amide bonds. The van der Waals surface area contributed by atoms with E-state index in [2.05, 4.69) is 5.32 Å². The van der Waals surface area contributed by atoms with Crippen molar-refractivity contribution < 1.29 is 18.7 Å². The van der Waals surface area contributed by atoms with Crippen LogP contribution in [0.5, 0.6) is 11.5 Å². The Balaban J connectivity index is 1.53.